The number of thiophene rings is 1. The van der Waals surface area contributed by atoms with Gasteiger partial charge >= 0.3 is 0 Å². The number of aromatic nitrogens is 2. The molecule has 0 saturated carbocycles. The van der Waals surface area contributed by atoms with E-state index in [0.29, 0.717) is 5.02 Å². The van der Waals surface area contributed by atoms with Gasteiger partial charge in [-0.3, -0.25) is 0 Å². The maximum absolute atomic E-state index is 6.02. The molecule has 0 saturated heterocycles. The molecule has 0 N–H and O–H groups in total. The van der Waals surface area contributed by atoms with Crippen LogP contribution in [0, 0.1) is 0 Å². The Hall–Kier alpha value is -0.840. The van der Waals surface area contributed by atoms with E-state index in [9.17, 15) is 0 Å². The SMILES string of the molecule is Clc1cnc(N2CCc3sc(Cl)cc3C2)nc1. The molecule has 2 aromatic heterocycles. The lowest BCUT2D eigenvalue weighted by atomic mass is 10.1. The van der Waals surface area contributed by atoms with E-state index in [-0.39, 0.29) is 0 Å². The quantitative estimate of drug-likeness (QED) is 0.804. The molecule has 3 rings (SSSR count). The highest BCUT2D eigenvalue weighted by Gasteiger charge is 2.20. The Labute approximate surface area is 113 Å². The van der Waals surface area contributed by atoms with Gasteiger partial charge in [0.1, 0.15) is 0 Å². The van der Waals surface area contributed by atoms with Crippen molar-refractivity contribution in [2.24, 2.45) is 0 Å². The fourth-order valence-corrected chi connectivity index (χ4v) is 3.33. The summed E-state index contributed by atoms with van der Waals surface area (Å²) < 4.78 is 0.855. The average Bonchev–Trinajstić information content (AvgIpc) is 2.69. The number of halogens is 2. The Morgan fingerprint density at radius 1 is 1.24 bits per heavy atom. The first-order chi connectivity index (χ1) is 8.22. The predicted molar refractivity (Wildman–Crippen MR) is 71.1 cm³/mol. The summed E-state index contributed by atoms with van der Waals surface area (Å²) >= 11 is 13.5. The summed E-state index contributed by atoms with van der Waals surface area (Å²) in [5, 5.41) is 0.560. The van der Waals surface area contributed by atoms with Gasteiger partial charge in [0.2, 0.25) is 5.95 Å². The van der Waals surface area contributed by atoms with Gasteiger partial charge in [-0.15, -0.1) is 11.3 Å². The topological polar surface area (TPSA) is 29.0 Å². The van der Waals surface area contributed by atoms with Gasteiger partial charge in [-0.25, -0.2) is 9.97 Å². The molecule has 0 unspecified atom stereocenters. The second-order valence-electron chi connectivity index (χ2n) is 3.87. The highest BCUT2D eigenvalue weighted by Crippen LogP contribution is 2.32. The van der Waals surface area contributed by atoms with Gasteiger partial charge in [0.25, 0.3) is 0 Å². The zero-order chi connectivity index (χ0) is 11.8. The maximum atomic E-state index is 6.02. The van der Waals surface area contributed by atoms with Gasteiger partial charge in [0.15, 0.2) is 0 Å². The van der Waals surface area contributed by atoms with E-state index in [4.69, 9.17) is 23.2 Å². The highest BCUT2D eigenvalue weighted by molar-refractivity contribution is 7.16. The van der Waals surface area contributed by atoms with Crippen LogP contribution >= 0.6 is 34.5 Å². The van der Waals surface area contributed by atoms with Crippen molar-refractivity contribution in [3.05, 3.63) is 38.3 Å². The molecule has 2 aromatic rings. The van der Waals surface area contributed by atoms with Crippen LogP contribution in [0.3, 0.4) is 0 Å². The third-order valence-electron chi connectivity index (χ3n) is 2.73. The van der Waals surface area contributed by atoms with Crippen LogP contribution < -0.4 is 4.90 Å². The smallest absolute Gasteiger partial charge is 0.225 e. The van der Waals surface area contributed by atoms with Gasteiger partial charge in [-0.1, -0.05) is 23.2 Å². The molecule has 88 valence electrons. The molecule has 6 heteroatoms. The highest BCUT2D eigenvalue weighted by atomic mass is 35.5. The Balaban J connectivity index is 1.86. The first-order valence-electron chi connectivity index (χ1n) is 5.22. The summed E-state index contributed by atoms with van der Waals surface area (Å²) in [7, 11) is 0. The number of anilines is 1. The molecule has 0 aliphatic carbocycles. The number of hydrogen-bond donors (Lipinski definition) is 0. The molecule has 3 heterocycles. The number of fused-ring (bicyclic) bond motifs is 1. The maximum Gasteiger partial charge on any atom is 0.225 e. The molecule has 0 atom stereocenters. The van der Waals surface area contributed by atoms with Crippen LogP contribution in [0.2, 0.25) is 9.36 Å². The number of rotatable bonds is 1. The van der Waals surface area contributed by atoms with Crippen LogP contribution in [0.25, 0.3) is 0 Å². The molecule has 0 radical (unpaired) electrons. The van der Waals surface area contributed by atoms with Crippen molar-refractivity contribution >= 4 is 40.5 Å². The zero-order valence-corrected chi connectivity index (χ0v) is 11.2. The molecular weight excluding hydrogens is 277 g/mol. The van der Waals surface area contributed by atoms with Gasteiger partial charge in [-0.05, 0) is 18.1 Å². The predicted octanol–water partition coefficient (Wildman–Crippen LogP) is 3.41. The van der Waals surface area contributed by atoms with Gasteiger partial charge in [0.05, 0.1) is 21.8 Å². The van der Waals surface area contributed by atoms with E-state index >= 15 is 0 Å². The van der Waals surface area contributed by atoms with E-state index in [1.165, 1.54) is 10.4 Å². The van der Waals surface area contributed by atoms with E-state index in [0.717, 1.165) is 29.8 Å². The van der Waals surface area contributed by atoms with Gasteiger partial charge in [-0.2, -0.15) is 0 Å². The van der Waals surface area contributed by atoms with Crippen LogP contribution in [0.4, 0.5) is 5.95 Å². The van der Waals surface area contributed by atoms with Crippen LogP contribution in [-0.4, -0.2) is 16.5 Å². The minimum Gasteiger partial charge on any atom is -0.336 e. The van der Waals surface area contributed by atoms with Crippen LogP contribution in [0.15, 0.2) is 18.5 Å². The monoisotopic (exact) mass is 285 g/mol. The second kappa shape index (κ2) is 4.44. The molecule has 3 nitrogen and oxygen atoms in total. The third kappa shape index (κ3) is 2.25. The minimum atomic E-state index is 0.560. The summed E-state index contributed by atoms with van der Waals surface area (Å²) in [6, 6.07) is 2.03. The zero-order valence-electron chi connectivity index (χ0n) is 8.86. The summed E-state index contributed by atoms with van der Waals surface area (Å²) in [6.45, 7) is 1.74. The van der Waals surface area contributed by atoms with Crippen molar-refractivity contribution in [2.45, 2.75) is 13.0 Å². The van der Waals surface area contributed by atoms with E-state index < -0.39 is 0 Å². The second-order valence-corrected chi connectivity index (χ2v) is 6.08. The molecule has 0 bridgehead atoms. The standard InChI is InChI=1S/C11H9Cl2N3S/c12-8-4-14-11(15-5-8)16-2-1-9-7(6-16)3-10(13)17-9/h3-5H,1-2,6H2. The van der Waals surface area contributed by atoms with Crippen molar-refractivity contribution in [3.8, 4) is 0 Å². The van der Waals surface area contributed by atoms with Crippen molar-refractivity contribution in [1.29, 1.82) is 0 Å². The van der Waals surface area contributed by atoms with Crippen molar-refractivity contribution < 1.29 is 0 Å². The Morgan fingerprint density at radius 3 is 2.76 bits per heavy atom. The molecule has 1 aliphatic rings. The third-order valence-corrected chi connectivity index (χ3v) is 4.29. The fraction of sp³-hybridized carbons (Fsp3) is 0.273. The first-order valence-corrected chi connectivity index (χ1v) is 6.79. The largest absolute Gasteiger partial charge is 0.336 e. The summed E-state index contributed by atoms with van der Waals surface area (Å²) in [5.41, 5.74) is 1.28. The molecule has 0 fully saturated rings. The van der Waals surface area contributed by atoms with E-state index in [1.807, 2.05) is 6.07 Å². The van der Waals surface area contributed by atoms with Crippen LogP contribution in [-0.2, 0) is 13.0 Å². The fourth-order valence-electron chi connectivity index (χ4n) is 1.94. The van der Waals surface area contributed by atoms with Gasteiger partial charge in [0, 0.05) is 18.0 Å². The minimum absolute atomic E-state index is 0.560. The van der Waals surface area contributed by atoms with E-state index in [1.54, 1.807) is 23.7 Å². The summed E-state index contributed by atoms with van der Waals surface area (Å²) in [4.78, 5) is 12.0. The van der Waals surface area contributed by atoms with Crippen molar-refractivity contribution in [1.82, 2.24) is 9.97 Å². The average molecular weight is 286 g/mol. The van der Waals surface area contributed by atoms with Crippen LogP contribution in [0.5, 0.6) is 0 Å². The lowest BCUT2D eigenvalue weighted by Gasteiger charge is -2.26. The molecule has 17 heavy (non-hydrogen) atoms. The molecule has 0 spiro atoms. The molecule has 0 aromatic carbocycles. The Bertz CT molecular complexity index is 538. The lowest BCUT2D eigenvalue weighted by molar-refractivity contribution is 0.718. The van der Waals surface area contributed by atoms with Crippen molar-refractivity contribution in [3.63, 3.8) is 0 Å². The number of nitrogens with zero attached hydrogens (tertiary/aromatic N) is 3. The molecular formula is C11H9Cl2N3S. The van der Waals surface area contributed by atoms with E-state index in [2.05, 4.69) is 14.9 Å². The number of hydrogen-bond acceptors (Lipinski definition) is 4. The van der Waals surface area contributed by atoms with Crippen molar-refractivity contribution in [2.75, 3.05) is 11.4 Å². The summed E-state index contributed by atoms with van der Waals surface area (Å²) in [6.07, 6.45) is 4.25. The molecule has 0 amide bonds. The molecule has 1 aliphatic heterocycles. The lowest BCUT2D eigenvalue weighted by Crippen LogP contribution is -2.30. The Kier molecular flexibility index (Phi) is 2.94. The first kappa shape index (κ1) is 11.3. The van der Waals surface area contributed by atoms with Gasteiger partial charge < -0.3 is 4.90 Å². The van der Waals surface area contributed by atoms with Crippen LogP contribution in [0.1, 0.15) is 10.4 Å². The normalized spacial score (nSPS) is 14.8. The Morgan fingerprint density at radius 2 is 2.00 bits per heavy atom. The summed E-state index contributed by atoms with van der Waals surface area (Å²) in [5.74, 6) is 0.724.